The van der Waals surface area contributed by atoms with Crippen LogP contribution < -0.4 is 16.4 Å². The molecule has 0 aromatic carbocycles. The SMILES string of the molecule is CNC(=O)NC(=O)C(C)S(=O)CC(C)N. The molecule has 0 heterocycles. The van der Waals surface area contributed by atoms with Crippen LogP contribution in [-0.4, -0.2) is 40.2 Å². The van der Waals surface area contributed by atoms with E-state index in [1.165, 1.54) is 14.0 Å². The highest BCUT2D eigenvalue weighted by atomic mass is 32.2. The summed E-state index contributed by atoms with van der Waals surface area (Å²) >= 11 is 0. The smallest absolute Gasteiger partial charge is 0.321 e. The van der Waals surface area contributed by atoms with Gasteiger partial charge in [-0.1, -0.05) is 0 Å². The molecule has 3 unspecified atom stereocenters. The molecule has 0 fully saturated rings. The van der Waals surface area contributed by atoms with Gasteiger partial charge in [0.05, 0.1) is 0 Å². The minimum absolute atomic E-state index is 0.235. The molecule has 7 heteroatoms. The molecule has 0 radical (unpaired) electrons. The van der Waals surface area contributed by atoms with Gasteiger partial charge in [0, 0.05) is 29.6 Å². The monoisotopic (exact) mass is 235 g/mol. The third-order valence-corrected chi connectivity index (χ3v) is 3.51. The average molecular weight is 235 g/mol. The number of imide groups is 1. The van der Waals surface area contributed by atoms with Crippen molar-refractivity contribution in [2.45, 2.75) is 25.1 Å². The van der Waals surface area contributed by atoms with E-state index >= 15 is 0 Å². The van der Waals surface area contributed by atoms with Crippen molar-refractivity contribution in [3.05, 3.63) is 0 Å². The zero-order valence-electron chi connectivity index (χ0n) is 9.07. The van der Waals surface area contributed by atoms with Crippen LogP contribution in [0.1, 0.15) is 13.8 Å². The van der Waals surface area contributed by atoms with Gasteiger partial charge in [0.1, 0.15) is 5.25 Å². The molecule has 0 saturated heterocycles. The summed E-state index contributed by atoms with van der Waals surface area (Å²) in [7, 11) is 0.0346. The molecule has 0 aliphatic heterocycles. The number of rotatable bonds is 4. The summed E-state index contributed by atoms with van der Waals surface area (Å²) in [5.41, 5.74) is 5.45. The first-order chi connectivity index (χ1) is 6.88. The van der Waals surface area contributed by atoms with Crippen molar-refractivity contribution in [3.63, 3.8) is 0 Å². The Morgan fingerprint density at radius 1 is 1.40 bits per heavy atom. The number of carbonyl (C=O) groups excluding carboxylic acids is 2. The second-order valence-electron chi connectivity index (χ2n) is 3.24. The Labute approximate surface area is 91.4 Å². The van der Waals surface area contributed by atoms with E-state index < -0.39 is 28.0 Å². The summed E-state index contributed by atoms with van der Waals surface area (Å²) in [4.78, 5) is 22.1. The van der Waals surface area contributed by atoms with Crippen LogP contribution in [0.2, 0.25) is 0 Å². The summed E-state index contributed by atoms with van der Waals surface area (Å²) in [5.74, 6) is -0.323. The standard InChI is InChI=1S/C8H17N3O3S/c1-5(9)4-15(14)6(2)7(12)11-8(13)10-3/h5-6H,4,9H2,1-3H3,(H2,10,11,12,13). The summed E-state index contributed by atoms with van der Waals surface area (Å²) in [6.45, 7) is 3.21. The fourth-order valence-electron chi connectivity index (χ4n) is 0.799. The van der Waals surface area contributed by atoms with E-state index in [9.17, 15) is 13.8 Å². The molecule has 0 aliphatic carbocycles. The van der Waals surface area contributed by atoms with Crippen LogP contribution in [0.3, 0.4) is 0 Å². The van der Waals surface area contributed by atoms with Gasteiger partial charge in [0.25, 0.3) is 0 Å². The Hall–Kier alpha value is -0.950. The van der Waals surface area contributed by atoms with Gasteiger partial charge in [0.2, 0.25) is 5.91 Å². The van der Waals surface area contributed by atoms with Crippen LogP contribution in [0.4, 0.5) is 4.79 Å². The van der Waals surface area contributed by atoms with Crippen molar-refractivity contribution in [3.8, 4) is 0 Å². The number of urea groups is 1. The molecule has 0 aliphatic rings. The maximum atomic E-state index is 11.5. The normalized spacial score (nSPS) is 16.3. The lowest BCUT2D eigenvalue weighted by molar-refractivity contribution is -0.119. The predicted molar refractivity (Wildman–Crippen MR) is 58.7 cm³/mol. The van der Waals surface area contributed by atoms with Crippen molar-refractivity contribution in [1.82, 2.24) is 10.6 Å². The topological polar surface area (TPSA) is 101 Å². The molecule has 6 nitrogen and oxygen atoms in total. The van der Waals surface area contributed by atoms with Crippen LogP contribution in [0, 0.1) is 0 Å². The Morgan fingerprint density at radius 2 is 1.93 bits per heavy atom. The molecule has 0 spiro atoms. The van der Waals surface area contributed by atoms with Crippen molar-refractivity contribution in [1.29, 1.82) is 0 Å². The molecule has 0 bridgehead atoms. The summed E-state index contributed by atoms with van der Waals surface area (Å²) in [6.07, 6.45) is 0. The lowest BCUT2D eigenvalue weighted by atomic mass is 10.4. The summed E-state index contributed by atoms with van der Waals surface area (Å²) in [5, 5.41) is 3.55. The largest absolute Gasteiger partial charge is 0.341 e. The van der Waals surface area contributed by atoms with E-state index in [1.807, 2.05) is 0 Å². The maximum absolute atomic E-state index is 11.5. The Bertz CT molecular complexity index is 268. The molecule has 0 rings (SSSR count). The minimum atomic E-state index is -1.36. The van der Waals surface area contributed by atoms with E-state index in [-0.39, 0.29) is 11.8 Å². The number of hydrogen-bond acceptors (Lipinski definition) is 4. The third kappa shape index (κ3) is 5.48. The number of hydrogen-bond donors (Lipinski definition) is 3. The molecular formula is C8H17N3O3S. The molecule has 3 atom stereocenters. The van der Waals surface area contributed by atoms with Gasteiger partial charge in [-0.25, -0.2) is 4.79 Å². The Balaban J connectivity index is 4.19. The number of carbonyl (C=O) groups is 2. The zero-order valence-corrected chi connectivity index (χ0v) is 9.89. The second kappa shape index (κ2) is 6.52. The van der Waals surface area contributed by atoms with Gasteiger partial charge in [0.15, 0.2) is 0 Å². The van der Waals surface area contributed by atoms with Gasteiger partial charge in [-0.2, -0.15) is 0 Å². The van der Waals surface area contributed by atoms with Crippen molar-refractivity contribution in [2.24, 2.45) is 5.73 Å². The highest BCUT2D eigenvalue weighted by Crippen LogP contribution is 1.98. The van der Waals surface area contributed by atoms with E-state index in [2.05, 4.69) is 10.6 Å². The van der Waals surface area contributed by atoms with Gasteiger partial charge in [-0.3, -0.25) is 14.3 Å². The van der Waals surface area contributed by atoms with Crippen LogP contribution in [0.15, 0.2) is 0 Å². The van der Waals surface area contributed by atoms with E-state index in [1.54, 1.807) is 6.92 Å². The summed E-state index contributed by atoms with van der Waals surface area (Å²) in [6, 6.07) is -0.842. The molecule has 0 saturated carbocycles. The highest BCUT2D eigenvalue weighted by molar-refractivity contribution is 7.86. The van der Waals surface area contributed by atoms with Gasteiger partial charge < -0.3 is 11.1 Å². The third-order valence-electron chi connectivity index (χ3n) is 1.65. The lowest BCUT2D eigenvalue weighted by Gasteiger charge is -2.12. The molecule has 0 aromatic rings. The first kappa shape index (κ1) is 14.1. The van der Waals surface area contributed by atoms with Crippen LogP contribution in [0.5, 0.6) is 0 Å². The molecule has 88 valence electrons. The van der Waals surface area contributed by atoms with E-state index in [0.717, 1.165) is 0 Å². The maximum Gasteiger partial charge on any atom is 0.321 e. The Kier molecular flexibility index (Phi) is 6.11. The van der Waals surface area contributed by atoms with Crippen molar-refractivity contribution in [2.75, 3.05) is 12.8 Å². The quantitative estimate of drug-likeness (QED) is 0.577. The first-order valence-corrected chi connectivity index (χ1v) is 5.92. The highest BCUT2D eigenvalue weighted by Gasteiger charge is 2.21. The van der Waals surface area contributed by atoms with Gasteiger partial charge in [-0.15, -0.1) is 0 Å². The van der Waals surface area contributed by atoms with E-state index in [4.69, 9.17) is 5.73 Å². The predicted octanol–water partition coefficient (Wildman–Crippen LogP) is -1.07. The van der Waals surface area contributed by atoms with Crippen LogP contribution in [-0.2, 0) is 15.6 Å². The van der Waals surface area contributed by atoms with Crippen LogP contribution in [0.25, 0.3) is 0 Å². The lowest BCUT2D eigenvalue weighted by Crippen LogP contribution is -2.44. The van der Waals surface area contributed by atoms with Gasteiger partial charge in [-0.05, 0) is 13.8 Å². The van der Waals surface area contributed by atoms with E-state index in [0.29, 0.717) is 0 Å². The number of nitrogens with one attached hydrogen (secondary N) is 2. The first-order valence-electron chi connectivity index (χ1n) is 4.53. The number of amides is 3. The number of nitrogens with two attached hydrogens (primary N) is 1. The molecule has 3 amide bonds. The molecule has 0 aromatic heterocycles. The second-order valence-corrected chi connectivity index (χ2v) is 5.04. The fourth-order valence-corrected chi connectivity index (χ4v) is 1.90. The van der Waals surface area contributed by atoms with Crippen LogP contribution >= 0.6 is 0 Å². The minimum Gasteiger partial charge on any atom is -0.341 e. The fraction of sp³-hybridized carbons (Fsp3) is 0.750. The Morgan fingerprint density at radius 3 is 2.33 bits per heavy atom. The molecular weight excluding hydrogens is 218 g/mol. The average Bonchev–Trinajstić information content (AvgIpc) is 2.15. The summed E-state index contributed by atoms with van der Waals surface area (Å²) < 4.78 is 11.5. The van der Waals surface area contributed by atoms with Crippen molar-refractivity contribution >= 4 is 22.7 Å². The van der Waals surface area contributed by atoms with Gasteiger partial charge >= 0.3 is 6.03 Å². The molecule has 4 N–H and O–H groups in total. The zero-order chi connectivity index (χ0) is 12.0. The molecule has 15 heavy (non-hydrogen) atoms. The van der Waals surface area contributed by atoms with Crippen molar-refractivity contribution < 1.29 is 13.8 Å².